The van der Waals surface area contributed by atoms with Gasteiger partial charge in [-0.05, 0) is 24.3 Å². The molecule has 0 aliphatic carbocycles. The van der Waals surface area contributed by atoms with Gasteiger partial charge in [0.25, 0.3) is 0 Å². The molecule has 2 aromatic rings. The minimum Gasteiger partial charge on any atom is -0.428 e. The second kappa shape index (κ2) is 4.15. The van der Waals surface area contributed by atoms with Crippen molar-refractivity contribution in [3.8, 4) is 17.0 Å². The van der Waals surface area contributed by atoms with Crippen molar-refractivity contribution >= 4 is 12.9 Å². The summed E-state index contributed by atoms with van der Waals surface area (Å²) in [5.74, 6) is 0.717. The summed E-state index contributed by atoms with van der Waals surface area (Å²) in [6.45, 7) is 0. The molecule has 2 rings (SSSR count). The second-order valence-corrected chi connectivity index (χ2v) is 2.98. The molecule has 0 atom stereocenters. The van der Waals surface area contributed by atoms with E-state index in [1.54, 1.807) is 6.20 Å². The van der Waals surface area contributed by atoms with Crippen molar-refractivity contribution in [2.24, 2.45) is 0 Å². The van der Waals surface area contributed by atoms with Gasteiger partial charge in [-0.15, -0.1) is 0 Å². The van der Waals surface area contributed by atoms with E-state index in [0.29, 0.717) is 0 Å². The fourth-order valence-corrected chi connectivity index (χ4v) is 1.44. The molecule has 0 N–H and O–H groups in total. The van der Waals surface area contributed by atoms with Crippen LogP contribution in [0.2, 0.25) is 0 Å². The monoisotopic (exact) mass is 203 g/mol. The number of benzene rings is 1. The Labute approximate surface area is 88.2 Å². The first-order valence-corrected chi connectivity index (χ1v) is 4.60. The van der Waals surface area contributed by atoms with Crippen LogP contribution in [0.25, 0.3) is 11.3 Å². The lowest BCUT2D eigenvalue weighted by Gasteiger charge is -2.05. The van der Waals surface area contributed by atoms with E-state index >= 15 is 0 Å². The summed E-state index contributed by atoms with van der Waals surface area (Å²) in [7, 11) is 0. The van der Waals surface area contributed by atoms with Crippen LogP contribution in [0, 0.1) is 0 Å². The van der Waals surface area contributed by atoms with Crippen molar-refractivity contribution in [1.82, 2.24) is 4.98 Å². The van der Waals surface area contributed by atoms with E-state index in [0.717, 1.165) is 17.0 Å². The van der Waals surface area contributed by atoms with Crippen LogP contribution in [0.1, 0.15) is 0 Å². The van der Waals surface area contributed by atoms with Gasteiger partial charge in [-0.25, -0.2) is 0 Å². The highest BCUT2D eigenvalue weighted by Gasteiger charge is 2.04. The fraction of sp³-hybridized carbons (Fsp3) is 0. The Hall–Kier alpha value is -1.48. The van der Waals surface area contributed by atoms with E-state index in [4.69, 9.17) is 4.18 Å². The summed E-state index contributed by atoms with van der Waals surface area (Å²) >= 11 is 3.80. The van der Waals surface area contributed by atoms with Gasteiger partial charge in [-0.1, -0.05) is 18.2 Å². The Morgan fingerprint density at radius 2 is 1.79 bits per heavy atom. The van der Waals surface area contributed by atoms with Crippen LogP contribution >= 0.6 is 12.9 Å². The third-order valence-electron chi connectivity index (χ3n) is 1.93. The Morgan fingerprint density at radius 1 is 1.00 bits per heavy atom. The number of nitrogens with zero attached hydrogens (tertiary/aromatic N) is 1. The molecule has 0 aliphatic heterocycles. The lowest BCUT2D eigenvalue weighted by molar-refractivity contribution is 0.661. The smallest absolute Gasteiger partial charge is 0.146 e. The Morgan fingerprint density at radius 3 is 2.50 bits per heavy atom. The quantitative estimate of drug-likeness (QED) is 0.598. The van der Waals surface area contributed by atoms with Crippen LogP contribution in [0.5, 0.6) is 5.75 Å². The van der Waals surface area contributed by atoms with Gasteiger partial charge in [0.05, 0.1) is 5.69 Å². The predicted octanol–water partition coefficient (Wildman–Crippen LogP) is 2.97. The zero-order valence-corrected chi connectivity index (χ0v) is 8.32. The molecule has 1 aromatic carbocycles. The van der Waals surface area contributed by atoms with Crippen molar-refractivity contribution in [3.05, 3.63) is 48.7 Å². The number of para-hydroxylation sites is 1. The molecular weight excluding hydrogens is 194 g/mol. The van der Waals surface area contributed by atoms with Gasteiger partial charge in [0.2, 0.25) is 0 Å². The number of aromatic nitrogens is 1. The molecule has 3 heteroatoms. The van der Waals surface area contributed by atoms with Crippen molar-refractivity contribution in [3.63, 3.8) is 0 Å². The number of pyridine rings is 1. The molecular formula is C11H9NOS. The van der Waals surface area contributed by atoms with E-state index in [1.165, 1.54) is 0 Å². The maximum atomic E-state index is 4.95. The van der Waals surface area contributed by atoms with Crippen molar-refractivity contribution in [1.29, 1.82) is 0 Å². The summed E-state index contributed by atoms with van der Waals surface area (Å²) in [4.78, 5) is 4.24. The highest BCUT2D eigenvalue weighted by atomic mass is 32.1. The molecule has 0 aliphatic rings. The Kier molecular flexibility index (Phi) is 2.70. The topological polar surface area (TPSA) is 22.1 Å². The summed E-state index contributed by atoms with van der Waals surface area (Å²) in [6.07, 6.45) is 1.75. The molecule has 0 amide bonds. The van der Waals surface area contributed by atoms with Gasteiger partial charge < -0.3 is 4.18 Å². The molecule has 70 valence electrons. The molecule has 0 bridgehead atoms. The molecule has 2 nitrogen and oxygen atoms in total. The summed E-state index contributed by atoms with van der Waals surface area (Å²) in [6, 6.07) is 13.4. The van der Waals surface area contributed by atoms with Gasteiger partial charge in [-0.2, -0.15) is 0 Å². The molecule has 0 fully saturated rings. The lowest BCUT2D eigenvalue weighted by Crippen LogP contribution is -1.85. The van der Waals surface area contributed by atoms with Crippen molar-refractivity contribution in [2.75, 3.05) is 0 Å². The molecule has 1 aromatic heterocycles. The molecule has 0 radical (unpaired) electrons. The zero-order valence-electron chi connectivity index (χ0n) is 7.42. The van der Waals surface area contributed by atoms with Gasteiger partial charge >= 0.3 is 0 Å². The first-order chi connectivity index (χ1) is 6.92. The van der Waals surface area contributed by atoms with E-state index in [1.807, 2.05) is 42.5 Å². The SMILES string of the molecule is SOc1ccccc1-c1ccccn1. The summed E-state index contributed by atoms with van der Waals surface area (Å²) in [5.41, 5.74) is 1.83. The third kappa shape index (κ3) is 1.72. The van der Waals surface area contributed by atoms with E-state index in [9.17, 15) is 0 Å². The standard InChI is InChI=1S/C11H9NOS/c14-13-11-7-2-1-5-9(11)10-6-3-4-8-12-10/h1-8,14H. The minimum atomic E-state index is 0.717. The van der Waals surface area contributed by atoms with Gasteiger partial charge in [0.15, 0.2) is 0 Å². The molecule has 0 unspecified atom stereocenters. The highest BCUT2D eigenvalue weighted by Crippen LogP contribution is 2.28. The maximum absolute atomic E-state index is 4.95. The summed E-state index contributed by atoms with van der Waals surface area (Å²) < 4.78 is 4.95. The molecule has 0 spiro atoms. The van der Waals surface area contributed by atoms with Gasteiger partial charge in [0, 0.05) is 24.7 Å². The minimum absolute atomic E-state index is 0.717. The molecule has 1 heterocycles. The molecule has 14 heavy (non-hydrogen) atoms. The molecule has 0 saturated heterocycles. The van der Waals surface area contributed by atoms with E-state index in [-0.39, 0.29) is 0 Å². The largest absolute Gasteiger partial charge is 0.428 e. The maximum Gasteiger partial charge on any atom is 0.146 e. The van der Waals surface area contributed by atoms with Crippen molar-refractivity contribution in [2.45, 2.75) is 0 Å². The average Bonchev–Trinajstić information content (AvgIpc) is 2.30. The van der Waals surface area contributed by atoms with Crippen LogP contribution in [-0.2, 0) is 0 Å². The third-order valence-corrected chi connectivity index (χ3v) is 2.12. The van der Waals surface area contributed by atoms with Crippen LogP contribution in [0.15, 0.2) is 48.7 Å². The van der Waals surface area contributed by atoms with Crippen LogP contribution in [-0.4, -0.2) is 4.98 Å². The Balaban J connectivity index is 2.51. The van der Waals surface area contributed by atoms with Gasteiger partial charge in [-0.3, -0.25) is 4.98 Å². The van der Waals surface area contributed by atoms with Gasteiger partial charge in [0.1, 0.15) is 5.75 Å². The highest BCUT2D eigenvalue weighted by molar-refractivity contribution is 7.75. The zero-order chi connectivity index (χ0) is 9.80. The fourth-order valence-electron chi connectivity index (χ4n) is 1.28. The van der Waals surface area contributed by atoms with Crippen LogP contribution < -0.4 is 4.18 Å². The predicted molar refractivity (Wildman–Crippen MR) is 59.3 cm³/mol. The van der Waals surface area contributed by atoms with Crippen LogP contribution in [0.3, 0.4) is 0 Å². The average molecular weight is 203 g/mol. The number of thiol groups is 1. The Bertz CT molecular complexity index is 417. The number of hydrogen-bond acceptors (Lipinski definition) is 3. The van der Waals surface area contributed by atoms with E-state index in [2.05, 4.69) is 17.9 Å². The normalized spacial score (nSPS) is 9.79. The first kappa shape index (κ1) is 9.09. The number of hydrogen-bond donors (Lipinski definition) is 1. The summed E-state index contributed by atoms with van der Waals surface area (Å²) in [5, 5.41) is 0. The second-order valence-electron chi connectivity index (χ2n) is 2.80. The van der Waals surface area contributed by atoms with E-state index < -0.39 is 0 Å². The van der Waals surface area contributed by atoms with Crippen LogP contribution in [0.4, 0.5) is 0 Å². The lowest BCUT2D eigenvalue weighted by atomic mass is 10.1. The number of rotatable bonds is 2. The molecule has 0 saturated carbocycles. The first-order valence-electron chi connectivity index (χ1n) is 4.23. The van der Waals surface area contributed by atoms with Crippen molar-refractivity contribution < 1.29 is 4.18 Å².